The highest BCUT2D eigenvalue weighted by molar-refractivity contribution is 5.97. The molecule has 0 radical (unpaired) electrons. The normalized spacial score (nSPS) is 14.7. The summed E-state index contributed by atoms with van der Waals surface area (Å²) in [6.45, 7) is 0. The molecule has 0 aliphatic heterocycles. The third kappa shape index (κ3) is 2.79. The number of benzene rings is 1. The predicted molar refractivity (Wildman–Crippen MR) is 98.7 cm³/mol. The standard InChI is InChI=1S/C19H22N4O3/c1-25-14-9-5-6-12(10-14)16-18(21-13-7-3-4-8-13)23-17(22-16)15(11-20-23)19(24)26-2/h5-6,9-11,13,20-21H,3-4,7-8H2,1-2H3. The van der Waals surface area contributed by atoms with Gasteiger partial charge in [-0.25, -0.2) is 14.3 Å². The number of hydrogen-bond donors (Lipinski definition) is 2. The SMILES string of the molecule is COC(=O)c1c[nH]n2c(NC3CCCC3)c(-c3cccc(OC)c3)nc12. The molecule has 2 N–H and O–H groups in total. The van der Waals surface area contributed by atoms with E-state index in [2.05, 4.69) is 10.4 Å². The number of ether oxygens (including phenoxy) is 2. The number of hydrogen-bond acceptors (Lipinski definition) is 5. The van der Waals surface area contributed by atoms with E-state index in [1.54, 1.807) is 13.3 Å². The number of nitrogens with one attached hydrogen (secondary N) is 2. The van der Waals surface area contributed by atoms with Crippen molar-refractivity contribution in [1.29, 1.82) is 0 Å². The second-order valence-electron chi connectivity index (χ2n) is 6.50. The average molecular weight is 354 g/mol. The fourth-order valence-corrected chi connectivity index (χ4v) is 3.55. The number of anilines is 1. The van der Waals surface area contributed by atoms with Crippen molar-refractivity contribution in [3.63, 3.8) is 0 Å². The van der Waals surface area contributed by atoms with Crippen molar-refractivity contribution in [3.05, 3.63) is 36.0 Å². The molecule has 0 bridgehead atoms. The van der Waals surface area contributed by atoms with E-state index in [1.807, 2.05) is 28.8 Å². The number of esters is 1. The zero-order valence-corrected chi connectivity index (χ0v) is 14.9. The number of carbonyl (C=O) groups is 1. The monoisotopic (exact) mass is 354 g/mol. The van der Waals surface area contributed by atoms with Gasteiger partial charge in [0, 0.05) is 17.8 Å². The van der Waals surface area contributed by atoms with E-state index in [-0.39, 0.29) is 0 Å². The molecule has 26 heavy (non-hydrogen) atoms. The molecule has 1 aromatic carbocycles. The van der Waals surface area contributed by atoms with E-state index in [0.717, 1.165) is 35.7 Å². The molecule has 136 valence electrons. The van der Waals surface area contributed by atoms with Gasteiger partial charge in [-0.15, -0.1) is 0 Å². The number of nitrogens with zero attached hydrogens (tertiary/aromatic N) is 2. The van der Waals surface area contributed by atoms with Crippen LogP contribution in [0, 0.1) is 0 Å². The Bertz CT molecular complexity index is 938. The number of H-pyrrole nitrogens is 1. The molecule has 1 fully saturated rings. The number of carbonyl (C=O) groups excluding carboxylic acids is 1. The molecule has 7 heteroatoms. The summed E-state index contributed by atoms with van der Waals surface area (Å²) in [6.07, 6.45) is 6.35. The van der Waals surface area contributed by atoms with Gasteiger partial charge in [-0.05, 0) is 25.0 Å². The summed E-state index contributed by atoms with van der Waals surface area (Å²) in [5.41, 5.74) is 2.68. The number of rotatable bonds is 5. The van der Waals surface area contributed by atoms with Crippen molar-refractivity contribution in [2.75, 3.05) is 19.5 Å². The molecular weight excluding hydrogens is 332 g/mol. The predicted octanol–water partition coefficient (Wildman–Crippen LogP) is 3.48. The molecule has 1 aliphatic rings. The molecule has 0 saturated heterocycles. The van der Waals surface area contributed by atoms with Crippen LogP contribution in [0.1, 0.15) is 36.0 Å². The van der Waals surface area contributed by atoms with Gasteiger partial charge in [0.05, 0.1) is 14.2 Å². The van der Waals surface area contributed by atoms with Crippen molar-refractivity contribution >= 4 is 17.4 Å². The second-order valence-corrected chi connectivity index (χ2v) is 6.50. The summed E-state index contributed by atoms with van der Waals surface area (Å²) < 4.78 is 12.0. The molecule has 0 unspecified atom stereocenters. The van der Waals surface area contributed by atoms with Gasteiger partial charge in [-0.2, -0.15) is 0 Å². The van der Waals surface area contributed by atoms with Crippen LogP contribution in [0.2, 0.25) is 0 Å². The van der Waals surface area contributed by atoms with Gasteiger partial charge in [-0.3, -0.25) is 5.10 Å². The Morgan fingerprint density at radius 2 is 2.12 bits per heavy atom. The van der Waals surface area contributed by atoms with E-state index >= 15 is 0 Å². The van der Waals surface area contributed by atoms with Gasteiger partial charge >= 0.3 is 5.97 Å². The van der Waals surface area contributed by atoms with E-state index in [1.165, 1.54) is 20.0 Å². The van der Waals surface area contributed by atoms with Crippen molar-refractivity contribution in [3.8, 4) is 17.0 Å². The van der Waals surface area contributed by atoms with Crippen LogP contribution in [-0.2, 0) is 4.74 Å². The fourth-order valence-electron chi connectivity index (χ4n) is 3.55. The Hall–Kier alpha value is -2.96. The fraction of sp³-hybridized carbons (Fsp3) is 0.368. The van der Waals surface area contributed by atoms with E-state index in [4.69, 9.17) is 14.5 Å². The first-order chi connectivity index (χ1) is 12.7. The highest BCUT2D eigenvalue weighted by atomic mass is 16.5. The first-order valence-electron chi connectivity index (χ1n) is 8.80. The van der Waals surface area contributed by atoms with Gasteiger partial charge in [0.1, 0.15) is 17.0 Å². The topological polar surface area (TPSA) is 80.7 Å². The first-order valence-corrected chi connectivity index (χ1v) is 8.80. The highest BCUT2D eigenvalue weighted by Gasteiger charge is 2.24. The van der Waals surface area contributed by atoms with Crippen LogP contribution in [0.3, 0.4) is 0 Å². The number of aromatic nitrogens is 3. The minimum Gasteiger partial charge on any atom is -0.497 e. The molecule has 0 atom stereocenters. The molecule has 3 aromatic rings. The van der Waals surface area contributed by atoms with Crippen LogP contribution in [0.15, 0.2) is 30.5 Å². The lowest BCUT2D eigenvalue weighted by Gasteiger charge is -2.14. The van der Waals surface area contributed by atoms with Crippen molar-refractivity contribution in [1.82, 2.24) is 14.6 Å². The van der Waals surface area contributed by atoms with Crippen LogP contribution in [0.4, 0.5) is 5.82 Å². The quantitative estimate of drug-likeness (QED) is 0.686. The van der Waals surface area contributed by atoms with E-state index in [9.17, 15) is 4.79 Å². The Kier molecular flexibility index (Phi) is 4.28. The lowest BCUT2D eigenvalue weighted by Crippen LogP contribution is -2.16. The average Bonchev–Trinajstić information content (AvgIpc) is 3.39. The number of fused-ring (bicyclic) bond motifs is 1. The number of methoxy groups -OCH3 is 2. The van der Waals surface area contributed by atoms with Gasteiger partial charge in [0.2, 0.25) is 0 Å². The maximum atomic E-state index is 12.1. The molecule has 2 heterocycles. The minimum absolute atomic E-state index is 0.407. The number of aromatic amines is 1. The largest absolute Gasteiger partial charge is 0.497 e. The Morgan fingerprint density at radius 1 is 1.31 bits per heavy atom. The van der Waals surface area contributed by atoms with Crippen LogP contribution in [0.5, 0.6) is 5.75 Å². The highest BCUT2D eigenvalue weighted by Crippen LogP contribution is 2.34. The lowest BCUT2D eigenvalue weighted by molar-refractivity contribution is 0.0602. The summed E-state index contributed by atoms with van der Waals surface area (Å²) >= 11 is 0. The molecule has 7 nitrogen and oxygen atoms in total. The van der Waals surface area contributed by atoms with Gasteiger partial charge in [0.25, 0.3) is 0 Å². The lowest BCUT2D eigenvalue weighted by atomic mass is 10.1. The van der Waals surface area contributed by atoms with Crippen LogP contribution >= 0.6 is 0 Å². The molecular formula is C19H22N4O3. The Balaban J connectivity index is 1.85. The molecule has 4 rings (SSSR count). The maximum Gasteiger partial charge on any atom is 0.343 e. The van der Waals surface area contributed by atoms with Crippen molar-refractivity contribution < 1.29 is 14.3 Å². The van der Waals surface area contributed by atoms with E-state index < -0.39 is 5.97 Å². The minimum atomic E-state index is -0.411. The molecule has 2 aromatic heterocycles. The maximum absolute atomic E-state index is 12.1. The van der Waals surface area contributed by atoms with Crippen LogP contribution in [-0.4, -0.2) is 40.8 Å². The summed E-state index contributed by atoms with van der Waals surface area (Å²) in [7, 11) is 3.01. The first kappa shape index (κ1) is 16.5. The third-order valence-corrected chi connectivity index (χ3v) is 4.90. The summed E-state index contributed by atoms with van der Waals surface area (Å²) in [5, 5.41) is 6.74. The molecule has 1 saturated carbocycles. The zero-order chi connectivity index (χ0) is 18.1. The third-order valence-electron chi connectivity index (χ3n) is 4.90. The zero-order valence-electron chi connectivity index (χ0n) is 14.9. The molecule has 1 aliphatic carbocycles. The Morgan fingerprint density at radius 3 is 2.85 bits per heavy atom. The summed E-state index contributed by atoms with van der Waals surface area (Å²) in [4.78, 5) is 16.8. The van der Waals surface area contributed by atoms with Crippen molar-refractivity contribution in [2.24, 2.45) is 0 Å². The van der Waals surface area contributed by atoms with Gasteiger partial charge in [0.15, 0.2) is 11.5 Å². The summed E-state index contributed by atoms with van der Waals surface area (Å²) in [6, 6.07) is 8.17. The second kappa shape index (κ2) is 6.74. The Labute approximate surface area is 151 Å². The summed E-state index contributed by atoms with van der Waals surface area (Å²) in [5.74, 6) is 1.21. The van der Waals surface area contributed by atoms with Crippen molar-refractivity contribution in [2.45, 2.75) is 31.7 Å². The van der Waals surface area contributed by atoms with Crippen LogP contribution < -0.4 is 10.1 Å². The van der Waals surface area contributed by atoms with Gasteiger partial charge in [-0.1, -0.05) is 25.0 Å². The van der Waals surface area contributed by atoms with Crippen LogP contribution in [0.25, 0.3) is 16.9 Å². The number of imidazole rings is 1. The van der Waals surface area contributed by atoms with E-state index in [0.29, 0.717) is 17.3 Å². The molecule has 0 spiro atoms. The van der Waals surface area contributed by atoms with Gasteiger partial charge < -0.3 is 14.8 Å². The molecule has 0 amide bonds. The smallest absolute Gasteiger partial charge is 0.343 e.